The number of rotatable bonds is 8. The molecule has 0 aliphatic rings. The van der Waals surface area contributed by atoms with E-state index in [2.05, 4.69) is 16.4 Å². The first-order valence-corrected chi connectivity index (χ1v) is 9.96. The van der Waals surface area contributed by atoms with E-state index in [9.17, 15) is 9.59 Å². The summed E-state index contributed by atoms with van der Waals surface area (Å²) in [5, 5.41) is 5.46. The SMILES string of the molecule is Cc1cccc(-c2nc(CC(=O)OCC(=O)NCCc3ccccc3)cs2)c1. The molecule has 144 valence electrons. The standard InChI is InChI=1S/C22H22N2O3S/c1-16-6-5-9-18(12-16)22-24-19(15-28-22)13-21(26)27-14-20(25)23-11-10-17-7-3-2-4-8-17/h2-9,12,15H,10-11,13-14H2,1H3,(H,23,25). The van der Waals surface area contributed by atoms with E-state index >= 15 is 0 Å². The van der Waals surface area contributed by atoms with Crippen LogP contribution in [0.2, 0.25) is 0 Å². The summed E-state index contributed by atoms with van der Waals surface area (Å²) in [6, 6.07) is 17.9. The molecule has 0 unspecified atom stereocenters. The Morgan fingerprint density at radius 1 is 1.11 bits per heavy atom. The molecule has 0 fully saturated rings. The Balaban J connectivity index is 1.40. The van der Waals surface area contributed by atoms with Crippen LogP contribution >= 0.6 is 11.3 Å². The van der Waals surface area contributed by atoms with Crippen LogP contribution in [0.15, 0.2) is 60.0 Å². The van der Waals surface area contributed by atoms with E-state index in [1.54, 1.807) is 0 Å². The molecular weight excluding hydrogens is 372 g/mol. The molecule has 1 aromatic heterocycles. The molecule has 1 heterocycles. The van der Waals surface area contributed by atoms with Crippen LogP contribution in [-0.4, -0.2) is 30.0 Å². The predicted octanol–water partition coefficient (Wildman–Crippen LogP) is 3.56. The van der Waals surface area contributed by atoms with Crippen LogP contribution in [0.1, 0.15) is 16.8 Å². The van der Waals surface area contributed by atoms with Crippen molar-refractivity contribution in [2.45, 2.75) is 19.8 Å². The van der Waals surface area contributed by atoms with Crippen LogP contribution < -0.4 is 5.32 Å². The molecule has 0 spiro atoms. The maximum absolute atomic E-state index is 12.0. The third-order valence-electron chi connectivity index (χ3n) is 4.09. The second-order valence-electron chi connectivity index (χ2n) is 6.44. The van der Waals surface area contributed by atoms with E-state index in [1.807, 2.05) is 60.8 Å². The summed E-state index contributed by atoms with van der Waals surface area (Å²) in [6.07, 6.45) is 0.792. The number of thiazole rings is 1. The number of ether oxygens (including phenoxy) is 1. The summed E-state index contributed by atoms with van der Waals surface area (Å²) in [4.78, 5) is 28.3. The van der Waals surface area contributed by atoms with Gasteiger partial charge in [-0.3, -0.25) is 9.59 Å². The molecule has 1 amide bonds. The molecule has 0 radical (unpaired) electrons. The normalized spacial score (nSPS) is 10.5. The highest BCUT2D eigenvalue weighted by Crippen LogP contribution is 2.24. The zero-order valence-electron chi connectivity index (χ0n) is 15.7. The summed E-state index contributed by atoms with van der Waals surface area (Å²) >= 11 is 1.49. The van der Waals surface area contributed by atoms with Gasteiger partial charge in [0.1, 0.15) is 5.01 Å². The van der Waals surface area contributed by atoms with Gasteiger partial charge in [-0.1, -0.05) is 54.1 Å². The molecule has 3 aromatic rings. The number of hydrogen-bond acceptors (Lipinski definition) is 5. The minimum Gasteiger partial charge on any atom is -0.455 e. The summed E-state index contributed by atoms with van der Waals surface area (Å²) in [6.45, 7) is 2.26. The van der Waals surface area contributed by atoms with Gasteiger partial charge in [0.25, 0.3) is 5.91 Å². The van der Waals surface area contributed by atoms with Crippen LogP contribution in [0.3, 0.4) is 0 Å². The van der Waals surface area contributed by atoms with E-state index < -0.39 is 5.97 Å². The third-order valence-corrected chi connectivity index (χ3v) is 5.03. The first-order valence-electron chi connectivity index (χ1n) is 9.08. The smallest absolute Gasteiger partial charge is 0.312 e. The van der Waals surface area contributed by atoms with Gasteiger partial charge in [0.05, 0.1) is 12.1 Å². The molecule has 0 aliphatic heterocycles. The van der Waals surface area contributed by atoms with E-state index in [1.165, 1.54) is 11.3 Å². The summed E-state index contributed by atoms with van der Waals surface area (Å²) < 4.78 is 5.06. The largest absolute Gasteiger partial charge is 0.455 e. The number of carbonyl (C=O) groups excluding carboxylic acids is 2. The zero-order valence-corrected chi connectivity index (χ0v) is 16.5. The maximum Gasteiger partial charge on any atom is 0.312 e. The van der Waals surface area contributed by atoms with Crippen molar-refractivity contribution in [2.75, 3.05) is 13.2 Å². The molecule has 28 heavy (non-hydrogen) atoms. The number of nitrogens with zero attached hydrogens (tertiary/aromatic N) is 1. The predicted molar refractivity (Wildman–Crippen MR) is 110 cm³/mol. The van der Waals surface area contributed by atoms with Crippen molar-refractivity contribution in [1.82, 2.24) is 10.3 Å². The molecule has 6 heteroatoms. The van der Waals surface area contributed by atoms with E-state index in [-0.39, 0.29) is 18.9 Å². The average molecular weight is 394 g/mol. The highest BCUT2D eigenvalue weighted by molar-refractivity contribution is 7.13. The summed E-state index contributed by atoms with van der Waals surface area (Å²) in [5.74, 6) is -0.762. The molecule has 0 aliphatic carbocycles. The zero-order chi connectivity index (χ0) is 19.8. The van der Waals surface area contributed by atoms with Gasteiger partial charge in [0.2, 0.25) is 0 Å². The molecule has 0 saturated heterocycles. The molecule has 0 saturated carbocycles. The minimum atomic E-state index is -0.459. The highest BCUT2D eigenvalue weighted by Gasteiger charge is 2.12. The van der Waals surface area contributed by atoms with Crippen LogP contribution in [0, 0.1) is 6.92 Å². The molecular formula is C22H22N2O3S. The Labute approximate surface area is 168 Å². The van der Waals surface area contributed by atoms with Crippen molar-refractivity contribution in [1.29, 1.82) is 0 Å². The number of amides is 1. The van der Waals surface area contributed by atoms with Crippen LogP contribution in [0.25, 0.3) is 10.6 Å². The Hall–Kier alpha value is -2.99. The number of nitrogens with one attached hydrogen (secondary N) is 1. The van der Waals surface area contributed by atoms with Crippen molar-refractivity contribution in [2.24, 2.45) is 0 Å². The van der Waals surface area contributed by atoms with Crippen molar-refractivity contribution in [3.8, 4) is 10.6 Å². The quantitative estimate of drug-likeness (QED) is 0.593. The number of carbonyl (C=O) groups is 2. The molecule has 0 bridgehead atoms. The fourth-order valence-electron chi connectivity index (χ4n) is 2.69. The lowest BCUT2D eigenvalue weighted by molar-refractivity contribution is -0.147. The number of aromatic nitrogens is 1. The molecule has 3 rings (SSSR count). The number of esters is 1. The van der Waals surface area contributed by atoms with Crippen LogP contribution in [0.5, 0.6) is 0 Å². The average Bonchev–Trinajstić information content (AvgIpc) is 3.16. The van der Waals surface area contributed by atoms with Gasteiger partial charge in [0, 0.05) is 17.5 Å². The molecule has 1 N–H and O–H groups in total. The van der Waals surface area contributed by atoms with Gasteiger partial charge in [0.15, 0.2) is 6.61 Å². The van der Waals surface area contributed by atoms with Crippen LogP contribution in [-0.2, 0) is 27.2 Å². The molecule has 0 atom stereocenters. The van der Waals surface area contributed by atoms with Gasteiger partial charge in [-0.25, -0.2) is 4.98 Å². The van der Waals surface area contributed by atoms with Gasteiger partial charge < -0.3 is 10.1 Å². The van der Waals surface area contributed by atoms with Crippen molar-refractivity contribution < 1.29 is 14.3 Å². The van der Waals surface area contributed by atoms with E-state index in [0.717, 1.165) is 28.1 Å². The fraction of sp³-hybridized carbons (Fsp3) is 0.227. The lowest BCUT2D eigenvalue weighted by atomic mass is 10.1. The third kappa shape index (κ3) is 6.03. The maximum atomic E-state index is 12.0. The number of aryl methyl sites for hydroxylation is 1. The first kappa shape index (κ1) is 19.8. The van der Waals surface area contributed by atoms with Gasteiger partial charge in [-0.15, -0.1) is 11.3 Å². The minimum absolute atomic E-state index is 0.0552. The number of benzene rings is 2. The Morgan fingerprint density at radius 3 is 2.71 bits per heavy atom. The fourth-order valence-corrected chi connectivity index (χ4v) is 3.50. The molecule has 5 nitrogen and oxygen atoms in total. The highest BCUT2D eigenvalue weighted by atomic mass is 32.1. The second-order valence-corrected chi connectivity index (χ2v) is 7.29. The lowest BCUT2D eigenvalue weighted by Gasteiger charge is -2.06. The second kappa shape index (κ2) is 9.80. The summed E-state index contributed by atoms with van der Waals surface area (Å²) in [7, 11) is 0. The van der Waals surface area contributed by atoms with Gasteiger partial charge in [-0.05, 0) is 25.0 Å². The number of hydrogen-bond donors (Lipinski definition) is 1. The topological polar surface area (TPSA) is 68.3 Å². The Morgan fingerprint density at radius 2 is 1.93 bits per heavy atom. The lowest BCUT2D eigenvalue weighted by Crippen LogP contribution is -2.30. The molecule has 2 aromatic carbocycles. The van der Waals surface area contributed by atoms with Gasteiger partial charge in [-0.2, -0.15) is 0 Å². The van der Waals surface area contributed by atoms with Crippen LogP contribution in [0.4, 0.5) is 0 Å². The monoisotopic (exact) mass is 394 g/mol. The van der Waals surface area contributed by atoms with E-state index in [4.69, 9.17) is 4.74 Å². The Kier molecular flexibility index (Phi) is 6.92. The van der Waals surface area contributed by atoms with Crippen molar-refractivity contribution in [3.63, 3.8) is 0 Å². The Bertz CT molecular complexity index is 938. The first-order chi connectivity index (χ1) is 13.6. The summed E-state index contributed by atoms with van der Waals surface area (Å²) in [5.41, 5.74) is 3.98. The van der Waals surface area contributed by atoms with Crippen molar-refractivity contribution in [3.05, 3.63) is 76.8 Å². The van der Waals surface area contributed by atoms with E-state index in [0.29, 0.717) is 12.2 Å². The van der Waals surface area contributed by atoms with Crippen molar-refractivity contribution >= 4 is 23.2 Å². The van der Waals surface area contributed by atoms with Gasteiger partial charge >= 0.3 is 5.97 Å².